The van der Waals surface area contributed by atoms with Gasteiger partial charge >= 0.3 is 5.97 Å². The Morgan fingerprint density at radius 3 is 1.83 bits per heavy atom. The fourth-order valence-corrected chi connectivity index (χ4v) is 3.65. The topological polar surface area (TPSA) is 55.8 Å². The minimum absolute atomic E-state index is 0.162. The molecule has 0 fully saturated rings. The highest BCUT2D eigenvalue weighted by Crippen LogP contribution is 2.45. The van der Waals surface area contributed by atoms with Crippen LogP contribution in [0.15, 0.2) is 24.3 Å². The summed E-state index contributed by atoms with van der Waals surface area (Å²) in [7, 11) is 0. The molecule has 0 bridgehead atoms. The molecule has 0 aliphatic carbocycles. The van der Waals surface area contributed by atoms with Crippen molar-refractivity contribution >= 4 is 5.97 Å². The molecule has 1 N–H and O–H groups in total. The maximum atomic E-state index is 11.6. The lowest BCUT2D eigenvalue weighted by Gasteiger charge is -2.32. The molecular weight excluding hydrogens is 376 g/mol. The number of hydrogen-bond donors (Lipinski definition) is 1. The molecule has 1 rings (SSSR count). The van der Waals surface area contributed by atoms with Crippen LogP contribution in [0.25, 0.3) is 0 Å². The third-order valence-electron chi connectivity index (χ3n) is 5.79. The summed E-state index contributed by atoms with van der Waals surface area (Å²) < 4.78 is 11.1. The van der Waals surface area contributed by atoms with Gasteiger partial charge in [0, 0.05) is 16.7 Å². The lowest BCUT2D eigenvalue weighted by atomic mass is 9.74. The van der Waals surface area contributed by atoms with Crippen LogP contribution < -0.4 is 4.74 Å². The van der Waals surface area contributed by atoms with Crippen molar-refractivity contribution in [3.8, 4) is 11.5 Å². The first-order chi connectivity index (χ1) is 14.0. The van der Waals surface area contributed by atoms with Gasteiger partial charge in [-0.25, -0.2) is 4.79 Å². The Hall–Kier alpha value is -1.97. The van der Waals surface area contributed by atoms with Crippen LogP contribution in [0.1, 0.15) is 98.1 Å². The van der Waals surface area contributed by atoms with Gasteiger partial charge in [-0.2, -0.15) is 0 Å². The molecule has 0 radical (unpaired) electrons. The van der Waals surface area contributed by atoms with E-state index in [0.29, 0.717) is 17.1 Å². The number of benzene rings is 1. The number of carbonyl (C=O) groups excluding carboxylic acids is 1. The molecule has 0 spiro atoms. The van der Waals surface area contributed by atoms with Gasteiger partial charge < -0.3 is 14.6 Å². The van der Waals surface area contributed by atoms with Crippen LogP contribution in [0.5, 0.6) is 11.5 Å². The molecule has 0 aliphatic heterocycles. The van der Waals surface area contributed by atoms with E-state index in [2.05, 4.69) is 48.1 Å². The van der Waals surface area contributed by atoms with Gasteiger partial charge in [-0.1, -0.05) is 73.8 Å². The van der Waals surface area contributed by atoms with Crippen LogP contribution in [0.3, 0.4) is 0 Å². The van der Waals surface area contributed by atoms with Crippen molar-refractivity contribution in [2.24, 2.45) is 0 Å². The summed E-state index contributed by atoms with van der Waals surface area (Å²) in [4.78, 5) is 11.6. The lowest BCUT2D eigenvalue weighted by molar-refractivity contribution is -0.139. The quantitative estimate of drug-likeness (QED) is 0.217. The fraction of sp³-hybridized carbons (Fsp3) is 0.654. The van der Waals surface area contributed by atoms with Gasteiger partial charge in [0.25, 0.3) is 0 Å². The highest BCUT2D eigenvalue weighted by molar-refractivity contribution is 5.86. The van der Waals surface area contributed by atoms with Crippen LogP contribution in [-0.4, -0.2) is 24.3 Å². The zero-order valence-electron chi connectivity index (χ0n) is 20.2. The third-order valence-corrected chi connectivity index (χ3v) is 5.79. The summed E-state index contributed by atoms with van der Waals surface area (Å²) in [6.45, 7) is 18.7. The van der Waals surface area contributed by atoms with E-state index in [0.717, 1.165) is 49.7 Å². The monoisotopic (exact) mass is 418 g/mol. The Morgan fingerprint density at radius 1 is 0.967 bits per heavy atom. The number of phenolic OH excluding ortho intramolecular Hbond substituents is 1. The Bertz CT molecular complexity index is 675. The molecule has 0 heterocycles. The number of esters is 1. The zero-order valence-corrected chi connectivity index (χ0v) is 20.2. The third kappa shape index (κ3) is 7.37. The smallest absolute Gasteiger partial charge is 0.333 e. The molecule has 1 aromatic rings. The summed E-state index contributed by atoms with van der Waals surface area (Å²) in [5, 5.41) is 11.3. The second kappa shape index (κ2) is 11.4. The molecule has 0 aromatic heterocycles. The highest BCUT2D eigenvalue weighted by Gasteiger charge is 2.31. The molecule has 1 aromatic carbocycles. The van der Waals surface area contributed by atoms with E-state index < -0.39 is 5.97 Å². The van der Waals surface area contributed by atoms with Crippen molar-refractivity contribution in [3.63, 3.8) is 0 Å². The molecule has 0 saturated carbocycles. The van der Waals surface area contributed by atoms with Gasteiger partial charge in [0.05, 0.1) is 0 Å². The number of hydrogen-bond acceptors (Lipinski definition) is 4. The summed E-state index contributed by atoms with van der Waals surface area (Å²) in [6, 6.07) is 3.90. The molecule has 4 heteroatoms. The normalized spacial score (nSPS) is 12.0. The standard InChI is InChI=1S/C26H42O4/c1-9-11-13-25(5,6)21-17-20(29-15-16-30-24(28)19(3)4)18-22(23(21)27)26(7,8)14-12-10-2/h17-18,27H,3,9-16H2,1-2,4-8H3. The largest absolute Gasteiger partial charge is 0.507 e. The van der Waals surface area contributed by atoms with Crippen molar-refractivity contribution in [2.75, 3.05) is 13.2 Å². The SMILES string of the molecule is C=C(C)C(=O)OCCOc1cc(C(C)(C)CCCC)c(O)c(C(C)(C)CCCC)c1. The molecule has 0 aliphatic rings. The molecule has 4 nitrogen and oxygen atoms in total. The maximum absolute atomic E-state index is 11.6. The van der Waals surface area contributed by atoms with Crippen LogP contribution in [0, 0.1) is 0 Å². The van der Waals surface area contributed by atoms with E-state index in [1.54, 1.807) is 6.92 Å². The predicted octanol–water partition coefficient (Wildman–Crippen LogP) is 6.83. The first-order valence-electron chi connectivity index (χ1n) is 11.3. The van der Waals surface area contributed by atoms with Gasteiger partial charge in [-0.15, -0.1) is 0 Å². The van der Waals surface area contributed by atoms with Gasteiger partial charge in [0.2, 0.25) is 0 Å². The predicted molar refractivity (Wildman–Crippen MR) is 124 cm³/mol. The van der Waals surface area contributed by atoms with E-state index in [9.17, 15) is 9.90 Å². The number of phenols is 1. The molecule has 0 saturated heterocycles. The lowest BCUT2D eigenvalue weighted by Crippen LogP contribution is -2.22. The second-order valence-corrected chi connectivity index (χ2v) is 9.61. The van der Waals surface area contributed by atoms with Crippen LogP contribution in [-0.2, 0) is 20.4 Å². The van der Waals surface area contributed by atoms with E-state index in [4.69, 9.17) is 9.47 Å². The number of carbonyl (C=O) groups is 1. The maximum Gasteiger partial charge on any atom is 0.333 e. The van der Waals surface area contributed by atoms with E-state index in [-0.39, 0.29) is 24.0 Å². The summed E-state index contributed by atoms with van der Waals surface area (Å²) >= 11 is 0. The first kappa shape index (κ1) is 26.1. The zero-order chi connectivity index (χ0) is 22.9. The van der Waals surface area contributed by atoms with Gasteiger partial charge in [-0.05, 0) is 42.7 Å². The van der Waals surface area contributed by atoms with Gasteiger partial charge in [0.1, 0.15) is 24.7 Å². The van der Waals surface area contributed by atoms with Crippen molar-refractivity contribution in [1.82, 2.24) is 0 Å². The van der Waals surface area contributed by atoms with Gasteiger partial charge in [0.15, 0.2) is 0 Å². The van der Waals surface area contributed by atoms with E-state index in [1.807, 2.05) is 12.1 Å². The Morgan fingerprint density at radius 2 is 1.43 bits per heavy atom. The molecular formula is C26H42O4. The Balaban J connectivity index is 3.21. The van der Waals surface area contributed by atoms with Crippen molar-refractivity contribution in [2.45, 2.75) is 97.8 Å². The summed E-state index contributed by atoms with van der Waals surface area (Å²) in [5.74, 6) is 0.684. The number of ether oxygens (including phenoxy) is 2. The Labute approximate surface area is 183 Å². The number of unbranched alkanes of at least 4 members (excludes halogenated alkanes) is 2. The van der Waals surface area contributed by atoms with Gasteiger partial charge in [-0.3, -0.25) is 0 Å². The van der Waals surface area contributed by atoms with Crippen LogP contribution in [0.4, 0.5) is 0 Å². The van der Waals surface area contributed by atoms with Crippen molar-refractivity contribution in [3.05, 3.63) is 35.4 Å². The molecule has 0 amide bonds. The molecule has 0 atom stereocenters. The first-order valence-corrected chi connectivity index (χ1v) is 11.3. The van der Waals surface area contributed by atoms with Crippen LogP contribution >= 0.6 is 0 Å². The Kier molecular flexibility index (Phi) is 9.93. The molecule has 0 unspecified atom stereocenters. The van der Waals surface area contributed by atoms with E-state index >= 15 is 0 Å². The average Bonchev–Trinajstić information content (AvgIpc) is 2.68. The molecule has 170 valence electrons. The minimum atomic E-state index is -0.410. The van der Waals surface area contributed by atoms with Crippen molar-refractivity contribution in [1.29, 1.82) is 0 Å². The van der Waals surface area contributed by atoms with Crippen molar-refractivity contribution < 1.29 is 19.4 Å². The summed E-state index contributed by atoms with van der Waals surface area (Å²) in [6.07, 6.45) is 6.41. The second-order valence-electron chi connectivity index (χ2n) is 9.61. The average molecular weight is 419 g/mol. The number of aromatic hydroxyl groups is 1. The number of rotatable bonds is 13. The summed E-state index contributed by atoms with van der Waals surface area (Å²) in [5.41, 5.74) is 1.89. The van der Waals surface area contributed by atoms with E-state index in [1.165, 1.54) is 0 Å². The highest BCUT2D eigenvalue weighted by atomic mass is 16.6. The molecule has 30 heavy (non-hydrogen) atoms. The van der Waals surface area contributed by atoms with Crippen LogP contribution in [0.2, 0.25) is 0 Å². The minimum Gasteiger partial charge on any atom is -0.507 e. The fourth-order valence-electron chi connectivity index (χ4n) is 3.65.